The maximum Gasteiger partial charge on any atom is 0.256 e. The number of amidine groups is 1. The van der Waals surface area contributed by atoms with E-state index in [-0.39, 0.29) is 16.0 Å². The Balaban J connectivity index is 2.34. The van der Waals surface area contributed by atoms with Gasteiger partial charge < -0.3 is 20.2 Å². The number of nitrogens with zero attached hydrogens (tertiary/aromatic N) is 2. The molecule has 2 heterocycles. The molecule has 190 valence electrons. The second kappa shape index (κ2) is 11.9. The summed E-state index contributed by atoms with van der Waals surface area (Å²) in [4.78, 5) is 5.02. The smallest absolute Gasteiger partial charge is 0.256 e. The molecule has 0 fully saturated rings. The number of furan rings is 1. The van der Waals surface area contributed by atoms with Crippen LogP contribution in [-0.2, 0) is 10.0 Å². The summed E-state index contributed by atoms with van der Waals surface area (Å²) in [6.07, 6.45) is 4.46. The lowest BCUT2D eigenvalue weighted by Gasteiger charge is -2.21. The van der Waals surface area contributed by atoms with Gasteiger partial charge >= 0.3 is 0 Å². The Morgan fingerprint density at radius 1 is 1.29 bits per heavy atom. The second-order valence-corrected chi connectivity index (χ2v) is 11.6. The number of allylic oxidation sites excluding steroid dienone is 1. The van der Waals surface area contributed by atoms with Crippen molar-refractivity contribution in [1.29, 1.82) is 0 Å². The monoisotopic (exact) mass is 510 g/mol. The van der Waals surface area contributed by atoms with Gasteiger partial charge in [0.1, 0.15) is 11.6 Å². The molecule has 2 aromatic rings. The highest BCUT2D eigenvalue weighted by Gasteiger charge is 2.31. The molecule has 0 aliphatic rings. The maximum atomic E-state index is 13.0. The van der Waals surface area contributed by atoms with Gasteiger partial charge in [-0.05, 0) is 37.8 Å². The fourth-order valence-corrected chi connectivity index (χ4v) is 6.68. The number of thiophene rings is 1. The van der Waals surface area contributed by atoms with Gasteiger partial charge in [0.15, 0.2) is 9.96 Å². The van der Waals surface area contributed by atoms with E-state index in [1.807, 2.05) is 13.0 Å². The van der Waals surface area contributed by atoms with Crippen LogP contribution in [0.15, 0.2) is 37.7 Å². The molecule has 10 heteroatoms. The molecule has 0 saturated carbocycles. The zero-order valence-corrected chi connectivity index (χ0v) is 23.0. The number of rotatable bonds is 11. The number of aromatic hydroxyl groups is 1. The fourth-order valence-electron chi connectivity index (χ4n) is 3.58. The van der Waals surface area contributed by atoms with Crippen molar-refractivity contribution in [3.8, 4) is 5.75 Å². The van der Waals surface area contributed by atoms with Crippen LogP contribution in [0.4, 0.5) is 5.69 Å². The molecule has 2 rings (SSSR count). The molecule has 0 aliphatic carbocycles. The average Bonchev–Trinajstić information content (AvgIpc) is 3.40. The van der Waals surface area contributed by atoms with Crippen molar-refractivity contribution in [3.05, 3.63) is 40.3 Å². The first-order valence-corrected chi connectivity index (χ1v) is 13.9. The van der Waals surface area contributed by atoms with Crippen LogP contribution in [0, 0.1) is 6.92 Å². The number of aryl methyl sites for hydroxylation is 1. The van der Waals surface area contributed by atoms with Crippen LogP contribution in [0.5, 0.6) is 5.75 Å². The number of hydrogen-bond acceptors (Lipinski definition) is 7. The van der Waals surface area contributed by atoms with Gasteiger partial charge in [-0.3, -0.25) is 4.99 Å². The summed E-state index contributed by atoms with van der Waals surface area (Å²) >= 11 is 1.05. The first-order chi connectivity index (χ1) is 16.0. The van der Waals surface area contributed by atoms with Gasteiger partial charge in [-0.25, -0.2) is 8.42 Å². The molecule has 8 nitrogen and oxygen atoms in total. The molecular formula is C24H38N4O4S2. The van der Waals surface area contributed by atoms with Gasteiger partial charge in [0.2, 0.25) is 0 Å². The van der Waals surface area contributed by atoms with Crippen LogP contribution in [0.2, 0.25) is 0 Å². The summed E-state index contributed by atoms with van der Waals surface area (Å²) in [5.74, 6) is 1.41. The topological polar surface area (TPSA) is 107 Å². The number of hydrogen-bond donors (Lipinski definition) is 3. The van der Waals surface area contributed by atoms with Gasteiger partial charge in [0, 0.05) is 25.0 Å². The van der Waals surface area contributed by atoms with Crippen LogP contribution in [0.1, 0.15) is 76.1 Å². The van der Waals surface area contributed by atoms with Crippen molar-refractivity contribution >= 4 is 32.9 Å². The van der Waals surface area contributed by atoms with E-state index in [4.69, 9.17) is 4.42 Å². The molecule has 0 radical (unpaired) electrons. The molecule has 0 unspecified atom stereocenters. The molecule has 2 aromatic heterocycles. The summed E-state index contributed by atoms with van der Waals surface area (Å²) in [6.45, 7) is 14.2. The van der Waals surface area contributed by atoms with Gasteiger partial charge in [-0.15, -0.1) is 11.3 Å². The first-order valence-electron chi connectivity index (χ1n) is 11.6. The van der Waals surface area contributed by atoms with Crippen LogP contribution < -0.4 is 10.6 Å². The summed E-state index contributed by atoms with van der Waals surface area (Å²) in [5.41, 5.74) is 2.20. The minimum absolute atomic E-state index is 0.0649. The number of nitrogens with one attached hydrogen (secondary N) is 2. The summed E-state index contributed by atoms with van der Waals surface area (Å²) in [6, 6.07) is 1.99. The number of sulfonamides is 1. The predicted octanol–water partition coefficient (Wildman–Crippen LogP) is 5.59. The third kappa shape index (κ3) is 5.84. The van der Waals surface area contributed by atoms with Crippen molar-refractivity contribution in [2.45, 2.75) is 71.1 Å². The quantitative estimate of drug-likeness (QED) is 0.269. The van der Waals surface area contributed by atoms with Gasteiger partial charge in [0.25, 0.3) is 10.0 Å². The Morgan fingerprint density at radius 2 is 1.94 bits per heavy atom. The van der Waals surface area contributed by atoms with E-state index in [0.717, 1.165) is 34.8 Å². The molecule has 34 heavy (non-hydrogen) atoms. The van der Waals surface area contributed by atoms with Crippen LogP contribution >= 0.6 is 11.3 Å². The van der Waals surface area contributed by atoms with E-state index in [0.29, 0.717) is 35.4 Å². The number of aliphatic imine (C=N–C) groups is 1. The Morgan fingerprint density at radius 3 is 2.41 bits per heavy atom. The van der Waals surface area contributed by atoms with Crippen molar-refractivity contribution in [2.24, 2.45) is 4.99 Å². The standard InChI is InChI=1S/C24H38N4O4S2/c1-9-18(20-13-17(14-32-20)15(5)6)26-19(10-2)23(25-8)27-21-16(7)33-24(22(21)29)34(30,31)28(11-3)12-4/h10,13-15,18,26,29H,9,11-12H2,1-8H3,(H,25,27)/b19-10+/t18-/m1/s1. The zero-order valence-electron chi connectivity index (χ0n) is 21.4. The normalized spacial score (nSPS) is 14.2. The van der Waals surface area contributed by atoms with Gasteiger partial charge in [0.05, 0.1) is 23.7 Å². The highest BCUT2D eigenvalue weighted by molar-refractivity contribution is 7.91. The summed E-state index contributed by atoms with van der Waals surface area (Å²) < 4.78 is 33.1. The molecule has 3 N–H and O–H groups in total. The van der Waals surface area contributed by atoms with Crippen LogP contribution in [0.3, 0.4) is 0 Å². The van der Waals surface area contributed by atoms with Crippen LogP contribution in [0.25, 0.3) is 0 Å². The van der Waals surface area contributed by atoms with E-state index in [1.165, 1.54) is 4.31 Å². The van der Waals surface area contributed by atoms with Crippen molar-refractivity contribution in [2.75, 3.05) is 25.5 Å². The lowest BCUT2D eigenvalue weighted by atomic mass is 10.1. The predicted molar refractivity (Wildman–Crippen MR) is 141 cm³/mol. The Kier molecular flexibility index (Phi) is 9.78. The lowest BCUT2D eigenvalue weighted by Crippen LogP contribution is -2.30. The Hall–Kier alpha value is -2.30. The molecule has 0 saturated heterocycles. The molecule has 0 bridgehead atoms. The second-order valence-electron chi connectivity index (χ2n) is 8.20. The SMILES string of the molecule is C/C=C(/N[C@H](CC)c1cc(C(C)C)co1)C(=NC)Nc1c(C)sc(S(=O)(=O)N(CC)CC)c1O. The summed E-state index contributed by atoms with van der Waals surface area (Å²) in [7, 11) is -2.14. The molecule has 0 aliphatic heterocycles. The minimum atomic E-state index is -3.79. The van der Waals surface area contributed by atoms with E-state index in [2.05, 4.69) is 42.5 Å². The van der Waals surface area contributed by atoms with Crippen molar-refractivity contribution < 1.29 is 17.9 Å². The lowest BCUT2D eigenvalue weighted by molar-refractivity contribution is 0.428. The highest BCUT2D eigenvalue weighted by atomic mass is 32.2. The third-order valence-electron chi connectivity index (χ3n) is 5.71. The van der Waals surface area contributed by atoms with E-state index in [1.54, 1.807) is 34.1 Å². The number of anilines is 1. The highest BCUT2D eigenvalue weighted by Crippen LogP contribution is 2.43. The van der Waals surface area contributed by atoms with Gasteiger partial charge in [-0.1, -0.05) is 40.7 Å². The van der Waals surface area contributed by atoms with Gasteiger partial charge in [-0.2, -0.15) is 4.31 Å². The van der Waals surface area contributed by atoms with Crippen molar-refractivity contribution in [1.82, 2.24) is 9.62 Å². The van der Waals surface area contributed by atoms with Crippen molar-refractivity contribution in [3.63, 3.8) is 0 Å². The maximum absolute atomic E-state index is 13.0. The molecule has 0 aromatic carbocycles. The van der Waals surface area contributed by atoms with E-state index in [9.17, 15) is 13.5 Å². The largest absolute Gasteiger partial charge is 0.504 e. The third-order valence-corrected chi connectivity index (χ3v) is 9.34. The fraction of sp³-hybridized carbons (Fsp3) is 0.542. The molecule has 1 atom stereocenters. The minimum Gasteiger partial charge on any atom is -0.504 e. The van der Waals surface area contributed by atoms with E-state index < -0.39 is 10.0 Å². The van der Waals surface area contributed by atoms with E-state index >= 15 is 0 Å². The molecule has 0 spiro atoms. The Bertz CT molecular complexity index is 1130. The van der Waals surface area contributed by atoms with Crippen LogP contribution in [-0.4, -0.2) is 43.8 Å². The summed E-state index contributed by atoms with van der Waals surface area (Å²) in [5, 5.41) is 17.5. The molecule has 0 amide bonds. The average molecular weight is 511 g/mol. The first kappa shape index (κ1) is 27.9. The molecular weight excluding hydrogens is 472 g/mol. The zero-order chi connectivity index (χ0) is 25.6. The Labute approximate surface area is 207 Å².